The van der Waals surface area contributed by atoms with Gasteiger partial charge in [-0.25, -0.2) is 4.90 Å². The van der Waals surface area contributed by atoms with Crippen molar-refractivity contribution >= 4 is 46.0 Å². The van der Waals surface area contributed by atoms with Crippen molar-refractivity contribution in [2.75, 3.05) is 34.5 Å². The van der Waals surface area contributed by atoms with Crippen molar-refractivity contribution in [1.82, 2.24) is 0 Å². The molecule has 0 spiro atoms. The Bertz CT molecular complexity index is 1290. The van der Waals surface area contributed by atoms with Gasteiger partial charge in [-0.15, -0.1) is 0 Å². The average Bonchev–Trinajstić information content (AvgIpc) is 3.04. The van der Waals surface area contributed by atoms with Crippen LogP contribution in [0.2, 0.25) is 0 Å². The van der Waals surface area contributed by atoms with Crippen LogP contribution in [0.1, 0.15) is 18.1 Å². The topological polar surface area (TPSA) is 81.8 Å². The summed E-state index contributed by atoms with van der Waals surface area (Å²) in [5.41, 5.74) is 4.88. The molecule has 1 aliphatic rings. The molecule has 0 aromatic heterocycles. The zero-order valence-corrected chi connectivity index (χ0v) is 19.5. The maximum atomic E-state index is 13.6. The first kappa shape index (κ1) is 22.8. The fraction of sp³-hybridized carbons (Fsp3) is 0.148. The predicted molar refractivity (Wildman–Crippen MR) is 136 cm³/mol. The van der Waals surface area contributed by atoms with Crippen LogP contribution in [0.4, 0.5) is 22.7 Å². The van der Waals surface area contributed by atoms with E-state index in [2.05, 4.69) is 10.6 Å². The second-order valence-electron chi connectivity index (χ2n) is 8.36. The Kier molecular flexibility index (Phi) is 6.19. The number of benzene rings is 3. The summed E-state index contributed by atoms with van der Waals surface area (Å²) in [6.45, 7) is 3.40. The summed E-state index contributed by atoms with van der Waals surface area (Å²) < 4.78 is 0. The van der Waals surface area contributed by atoms with Gasteiger partial charge in [-0.2, -0.15) is 0 Å². The molecule has 3 amide bonds. The van der Waals surface area contributed by atoms with Gasteiger partial charge in [-0.05, 0) is 55.0 Å². The van der Waals surface area contributed by atoms with E-state index in [0.29, 0.717) is 28.2 Å². The molecule has 0 aliphatic carbocycles. The second kappa shape index (κ2) is 9.23. The molecule has 1 aliphatic heterocycles. The number of hydrogen-bond acceptors (Lipinski definition) is 5. The van der Waals surface area contributed by atoms with Gasteiger partial charge in [0.05, 0.1) is 11.3 Å². The number of hydrogen-bond donors (Lipinski definition) is 2. The highest BCUT2D eigenvalue weighted by atomic mass is 16.2. The van der Waals surface area contributed by atoms with Crippen LogP contribution in [-0.2, 0) is 14.4 Å². The number of nitrogens with one attached hydrogen (secondary N) is 2. The number of carbonyl (C=O) groups excluding carboxylic acids is 3. The van der Waals surface area contributed by atoms with Crippen LogP contribution < -0.4 is 20.4 Å². The Morgan fingerprint density at radius 2 is 1.50 bits per heavy atom. The lowest BCUT2D eigenvalue weighted by Gasteiger charge is -2.19. The molecular weight excluding hydrogens is 428 g/mol. The van der Waals surface area contributed by atoms with Crippen molar-refractivity contribution in [2.24, 2.45) is 0 Å². The Morgan fingerprint density at radius 3 is 2.12 bits per heavy atom. The van der Waals surface area contributed by atoms with Crippen molar-refractivity contribution in [3.05, 3.63) is 89.6 Å². The lowest BCUT2D eigenvalue weighted by atomic mass is 10.0. The molecule has 7 nitrogen and oxygen atoms in total. The Morgan fingerprint density at radius 1 is 0.853 bits per heavy atom. The van der Waals surface area contributed by atoms with Crippen molar-refractivity contribution in [3.8, 4) is 0 Å². The van der Waals surface area contributed by atoms with E-state index in [0.717, 1.165) is 11.3 Å². The maximum absolute atomic E-state index is 13.6. The number of anilines is 4. The Balaban J connectivity index is 1.75. The lowest BCUT2D eigenvalue weighted by Crippen LogP contribution is -2.32. The largest absolute Gasteiger partial charge is 0.378 e. The normalized spacial score (nSPS) is 13.4. The highest BCUT2D eigenvalue weighted by Gasteiger charge is 2.40. The number of amides is 3. The van der Waals surface area contributed by atoms with Crippen molar-refractivity contribution in [2.45, 2.75) is 13.8 Å². The molecule has 0 fully saturated rings. The van der Waals surface area contributed by atoms with Crippen LogP contribution in [0, 0.1) is 6.92 Å². The number of imide groups is 1. The molecule has 3 aromatic rings. The van der Waals surface area contributed by atoms with Gasteiger partial charge in [0, 0.05) is 38.1 Å². The minimum absolute atomic E-state index is 0.169. The van der Waals surface area contributed by atoms with Gasteiger partial charge in [0.2, 0.25) is 5.91 Å². The zero-order chi connectivity index (χ0) is 24.4. The first-order valence-electron chi connectivity index (χ1n) is 10.9. The monoisotopic (exact) mass is 454 g/mol. The summed E-state index contributed by atoms with van der Waals surface area (Å²) >= 11 is 0. The smallest absolute Gasteiger partial charge is 0.282 e. The third-order valence-corrected chi connectivity index (χ3v) is 5.50. The van der Waals surface area contributed by atoms with E-state index >= 15 is 0 Å². The molecule has 1 heterocycles. The number of nitrogens with zero attached hydrogens (tertiary/aromatic N) is 2. The van der Waals surface area contributed by atoms with Gasteiger partial charge in [0.15, 0.2) is 0 Å². The van der Waals surface area contributed by atoms with Gasteiger partial charge in [-0.1, -0.05) is 35.9 Å². The molecule has 7 heteroatoms. The first-order valence-corrected chi connectivity index (χ1v) is 10.9. The summed E-state index contributed by atoms with van der Waals surface area (Å²) in [5.74, 6) is -0.984. The highest BCUT2D eigenvalue weighted by molar-refractivity contribution is 6.46. The fourth-order valence-corrected chi connectivity index (χ4v) is 3.76. The molecule has 3 aromatic carbocycles. The minimum Gasteiger partial charge on any atom is -0.378 e. The number of carbonyl (C=O) groups is 3. The molecule has 0 saturated carbocycles. The standard InChI is InChI=1S/C27H26N4O3/c1-17-8-10-19(11-9-17)24-25(29-21-14-12-20(13-15-21)28-18(2)32)27(34)31(26(24)33)23-7-5-6-22(16-23)30(3)4/h5-16,29H,1-4H3,(H,28,32). The Labute approximate surface area is 198 Å². The van der Waals surface area contributed by atoms with Crippen LogP contribution in [0.3, 0.4) is 0 Å². The quantitative estimate of drug-likeness (QED) is 0.539. The summed E-state index contributed by atoms with van der Waals surface area (Å²) in [7, 11) is 3.81. The third kappa shape index (κ3) is 4.54. The SMILES string of the molecule is CC(=O)Nc1ccc(NC2=C(c3ccc(C)cc3)C(=O)N(c3cccc(N(C)C)c3)C2=O)cc1. The van der Waals surface area contributed by atoms with E-state index < -0.39 is 5.91 Å². The van der Waals surface area contributed by atoms with E-state index in [4.69, 9.17) is 0 Å². The van der Waals surface area contributed by atoms with Gasteiger partial charge in [0.25, 0.3) is 11.8 Å². The van der Waals surface area contributed by atoms with Crippen molar-refractivity contribution in [3.63, 3.8) is 0 Å². The van der Waals surface area contributed by atoms with Gasteiger partial charge in [0.1, 0.15) is 5.70 Å². The molecular formula is C27H26N4O3. The Hall–Kier alpha value is -4.39. The summed E-state index contributed by atoms with van der Waals surface area (Å²) in [4.78, 5) is 41.6. The van der Waals surface area contributed by atoms with Gasteiger partial charge >= 0.3 is 0 Å². The van der Waals surface area contributed by atoms with Crippen molar-refractivity contribution < 1.29 is 14.4 Å². The number of rotatable bonds is 6. The van der Waals surface area contributed by atoms with Crippen LogP contribution in [0.5, 0.6) is 0 Å². The van der Waals surface area contributed by atoms with Crippen molar-refractivity contribution in [1.29, 1.82) is 0 Å². The van der Waals surface area contributed by atoms with Gasteiger partial charge in [-0.3, -0.25) is 14.4 Å². The molecule has 0 radical (unpaired) electrons. The summed E-state index contributed by atoms with van der Waals surface area (Å²) in [5, 5.41) is 5.86. The van der Waals surface area contributed by atoms with Crippen LogP contribution >= 0.6 is 0 Å². The lowest BCUT2D eigenvalue weighted by molar-refractivity contribution is -0.120. The minimum atomic E-state index is -0.428. The fourth-order valence-electron chi connectivity index (χ4n) is 3.76. The molecule has 0 unspecified atom stereocenters. The first-order chi connectivity index (χ1) is 16.2. The molecule has 34 heavy (non-hydrogen) atoms. The van der Waals surface area contributed by atoms with Crippen LogP contribution in [-0.4, -0.2) is 31.8 Å². The molecule has 2 N–H and O–H groups in total. The van der Waals surface area contributed by atoms with E-state index in [1.54, 1.807) is 30.3 Å². The summed E-state index contributed by atoms with van der Waals surface area (Å²) in [6.07, 6.45) is 0. The second-order valence-corrected chi connectivity index (χ2v) is 8.36. The molecule has 0 bridgehead atoms. The third-order valence-electron chi connectivity index (χ3n) is 5.50. The van der Waals surface area contributed by atoms with E-state index in [1.165, 1.54) is 11.8 Å². The summed E-state index contributed by atoms with van der Waals surface area (Å²) in [6, 6.07) is 21.8. The molecule has 4 rings (SSSR count). The zero-order valence-electron chi connectivity index (χ0n) is 19.5. The maximum Gasteiger partial charge on any atom is 0.282 e. The molecule has 0 atom stereocenters. The molecule has 0 saturated heterocycles. The highest BCUT2D eigenvalue weighted by Crippen LogP contribution is 2.35. The van der Waals surface area contributed by atoms with Crippen LogP contribution in [0.15, 0.2) is 78.5 Å². The average molecular weight is 455 g/mol. The predicted octanol–water partition coefficient (Wildman–Crippen LogP) is 4.42. The van der Waals surface area contributed by atoms with Crippen LogP contribution in [0.25, 0.3) is 5.57 Å². The van der Waals surface area contributed by atoms with E-state index in [9.17, 15) is 14.4 Å². The van der Waals surface area contributed by atoms with E-state index in [-0.39, 0.29) is 17.5 Å². The van der Waals surface area contributed by atoms with E-state index in [1.807, 2.05) is 68.4 Å². The molecule has 172 valence electrons. The van der Waals surface area contributed by atoms with Gasteiger partial charge < -0.3 is 15.5 Å². The number of aryl methyl sites for hydroxylation is 1.